The highest BCUT2D eigenvalue weighted by molar-refractivity contribution is 8.18. The Morgan fingerprint density at radius 2 is 2.03 bits per heavy atom. The Hall–Kier alpha value is -3.46. The van der Waals surface area contributed by atoms with Gasteiger partial charge in [0.15, 0.2) is 0 Å². The molecule has 9 heteroatoms. The molecule has 5 heterocycles. The SMILES string of the molecule is O=C1NC(=O)/C(=C/c2ccnc(N3CCC(CCCc4cccnc4-c4ccoc4)CC3)n2)S1. The molecule has 3 aromatic heterocycles. The summed E-state index contributed by atoms with van der Waals surface area (Å²) in [6.07, 6.45) is 14.1. The minimum absolute atomic E-state index is 0.353. The van der Waals surface area contributed by atoms with E-state index in [4.69, 9.17) is 4.42 Å². The zero-order chi connectivity index (χ0) is 23.3. The van der Waals surface area contributed by atoms with Gasteiger partial charge in [0.25, 0.3) is 11.1 Å². The van der Waals surface area contributed by atoms with Crippen LogP contribution in [0.3, 0.4) is 0 Å². The zero-order valence-electron chi connectivity index (χ0n) is 18.6. The number of pyridine rings is 1. The Morgan fingerprint density at radius 3 is 2.79 bits per heavy atom. The minimum atomic E-state index is -0.376. The van der Waals surface area contributed by atoms with Crippen LogP contribution in [0.25, 0.3) is 17.3 Å². The molecule has 2 aliphatic rings. The highest BCUT2D eigenvalue weighted by atomic mass is 32.2. The Morgan fingerprint density at radius 1 is 1.15 bits per heavy atom. The lowest BCUT2D eigenvalue weighted by Gasteiger charge is -2.32. The standard InChI is InChI=1S/C25H25N5O3S/c31-23-21(34-25(32)29-23)15-20-6-11-27-24(28-20)30-12-7-17(8-13-30)3-1-4-18-5-2-10-26-22(18)19-9-14-33-16-19/h2,5-6,9-11,14-17H,1,3-4,7-8,12-13H2,(H,29,31,32)/b21-15-. The summed E-state index contributed by atoms with van der Waals surface area (Å²) in [5, 5.41) is 1.91. The van der Waals surface area contributed by atoms with Crippen molar-refractivity contribution >= 4 is 34.9 Å². The van der Waals surface area contributed by atoms with Gasteiger partial charge in [-0.3, -0.25) is 19.9 Å². The molecule has 2 aliphatic heterocycles. The highest BCUT2D eigenvalue weighted by Crippen LogP contribution is 2.28. The lowest BCUT2D eigenvalue weighted by molar-refractivity contribution is -0.115. The van der Waals surface area contributed by atoms with Gasteiger partial charge in [0.2, 0.25) is 5.95 Å². The monoisotopic (exact) mass is 475 g/mol. The molecule has 0 spiro atoms. The quantitative estimate of drug-likeness (QED) is 0.491. The zero-order valence-corrected chi connectivity index (χ0v) is 19.5. The van der Waals surface area contributed by atoms with E-state index >= 15 is 0 Å². The van der Waals surface area contributed by atoms with Gasteiger partial charge in [-0.2, -0.15) is 0 Å². The lowest BCUT2D eigenvalue weighted by Crippen LogP contribution is -2.35. The molecule has 0 unspecified atom stereocenters. The van der Waals surface area contributed by atoms with Crippen LogP contribution in [0.1, 0.15) is 36.9 Å². The van der Waals surface area contributed by atoms with Crippen LogP contribution in [-0.4, -0.2) is 39.2 Å². The molecule has 0 saturated carbocycles. The van der Waals surface area contributed by atoms with Crippen LogP contribution in [0.15, 0.2) is 58.5 Å². The second-order valence-electron chi connectivity index (χ2n) is 8.48. The number of imide groups is 1. The molecule has 174 valence electrons. The van der Waals surface area contributed by atoms with Gasteiger partial charge in [-0.05, 0) is 79.6 Å². The maximum atomic E-state index is 11.8. The highest BCUT2D eigenvalue weighted by Gasteiger charge is 2.25. The number of carbonyl (C=O) groups excluding carboxylic acids is 2. The number of aryl methyl sites for hydroxylation is 1. The van der Waals surface area contributed by atoms with E-state index < -0.39 is 0 Å². The number of furan rings is 1. The number of hydrogen-bond donors (Lipinski definition) is 1. The lowest BCUT2D eigenvalue weighted by atomic mass is 9.90. The molecule has 0 aliphatic carbocycles. The van der Waals surface area contributed by atoms with Crippen LogP contribution in [0.4, 0.5) is 10.7 Å². The number of thioether (sulfide) groups is 1. The van der Waals surface area contributed by atoms with Crippen molar-refractivity contribution in [3.63, 3.8) is 0 Å². The Bertz CT molecular complexity index is 1200. The Kier molecular flexibility index (Phi) is 6.71. The van der Waals surface area contributed by atoms with E-state index in [1.165, 1.54) is 12.0 Å². The first-order valence-electron chi connectivity index (χ1n) is 11.4. The first-order chi connectivity index (χ1) is 16.7. The van der Waals surface area contributed by atoms with Gasteiger partial charge in [-0.25, -0.2) is 9.97 Å². The molecule has 5 rings (SSSR count). The third kappa shape index (κ3) is 5.20. The third-order valence-corrected chi connectivity index (χ3v) is 7.04. The van der Waals surface area contributed by atoms with Gasteiger partial charge < -0.3 is 9.32 Å². The summed E-state index contributed by atoms with van der Waals surface area (Å²) in [7, 11) is 0. The maximum absolute atomic E-state index is 11.8. The number of amides is 2. The topological polar surface area (TPSA) is 101 Å². The van der Waals surface area contributed by atoms with Gasteiger partial charge in [-0.1, -0.05) is 6.07 Å². The molecule has 34 heavy (non-hydrogen) atoms. The van der Waals surface area contributed by atoms with Gasteiger partial charge >= 0.3 is 0 Å². The van der Waals surface area contributed by atoms with Gasteiger partial charge in [0, 0.05) is 31.0 Å². The number of nitrogens with zero attached hydrogens (tertiary/aromatic N) is 4. The number of nitrogens with one attached hydrogen (secondary N) is 1. The molecule has 1 N–H and O–H groups in total. The molecule has 8 nitrogen and oxygen atoms in total. The van der Waals surface area contributed by atoms with E-state index in [1.807, 2.05) is 18.3 Å². The second-order valence-corrected chi connectivity index (χ2v) is 9.49. The number of anilines is 1. The van der Waals surface area contributed by atoms with Crippen molar-refractivity contribution in [2.24, 2.45) is 5.92 Å². The van der Waals surface area contributed by atoms with Crippen LogP contribution < -0.4 is 10.2 Å². The molecule has 2 amide bonds. The summed E-state index contributed by atoms with van der Waals surface area (Å²) >= 11 is 0.895. The molecule has 2 saturated heterocycles. The summed E-state index contributed by atoms with van der Waals surface area (Å²) in [5.41, 5.74) is 3.93. The van der Waals surface area contributed by atoms with Crippen molar-refractivity contribution < 1.29 is 14.0 Å². The minimum Gasteiger partial charge on any atom is -0.472 e. The van der Waals surface area contributed by atoms with E-state index in [0.717, 1.165) is 61.8 Å². The predicted molar refractivity (Wildman–Crippen MR) is 131 cm³/mol. The van der Waals surface area contributed by atoms with Crippen LogP contribution >= 0.6 is 11.8 Å². The van der Waals surface area contributed by atoms with Gasteiger partial charge in [0.1, 0.15) is 0 Å². The number of carbonyl (C=O) groups is 2. The first-order valence-corrected chi connectivity index (χ1v) is 12.3. The van der Waals surface area contributed by atoms with Crippen LogP contribution in [0.5, 0.6) is 0 Å². The number of rotatable bonds is 7. The molecule has 0 bridgehead atoms. The molecular weight excluding hydrogens is 450 g/mol. The fourth-order valence-electron chi connectivity index (χ4n) is 4.45. The van der Waals surface area contributed by atoms with Crippen molar-refractivity contribution in [1.29, 1.82) is 0 Å². The van der Waals surface area contributed by atoms with Crippen LogP contribution in [0.2, 0.25) is 0 Å². The predicted octanol–water partition coefficient (Wildman–Crippen LogP) is 4.69. The smallest absolute Gasteiger partial charge is 0.290 e. The van der Waals surface area contributed by atoms with Crippen molar-refractivity contribution in [2.75, 3.05) is 18.0 Å². The molecular formula is C25H25N5O3S. The maximum Gasteiger partial charge on any atom is 0.290 e. The molecule has 0 atom stereocenters. The van der Waals surface area contributed by atoms with Crippen molar-refractivity contribution in [1.82, 2.24) is 20.3 Å². The second kappa shape index (κ2) is 10.2. The number of hydrogen-bond acceptors (Lipinski definition) is 8. The number of aromatic nitrogens is 3. The summed E-state index contributed by atoms with van der Waals surface area (Å²) in [6, 6.07) is 7.85. The number of piperidine rings is 1. The largest absolute Gasteiger partial charge is 0.472 e. The Labute approximate surface area is 201 Å². The molecule has 2 fully saturated rings. The van der Waals surface area contributed by atoms with Gasteiger partial charge in [0.05, 0.1) is 28.8 Å². The van der Waals surface area contributed by atoms with E-state index in [-0.39, 0.29) is 11.1 Å². The fourth-order valence-corrected chi connectivity index (χ4v) is 5.12. The van der Waals surface area contributed by atoms with E-state index in [2.05, 4.69) is 31.2 Å². The molecule has 0 aromatic carbocycles. The first kappa shape index (κ1) is 22.3. The average Bonchev–Trinajstić information content (AvgIpc) is 3.50. The van der Waals surface area contributed by atoms with E-state index in [9.17, 15) is 9.59 Å². The average molecular weight is 476 g/mol. The normalized spacial score (nSPS) is 18.0. The molecule has 0 radical (unpaired) electrons. The van der Waals surface area contributed by atoms with Crippen LogP contribution in [0, 0.1) is 5.92 Å². The summed E-state index contributed by atoms with van der Waals surface area (Å²) in [6.45, 7) is 1.82. The van der Waals surface area contributed by atoms with Crippen LogP contribution in [-0.2, 0) is 11.2 Å². The van der Waals surface area contributed by atoms with E-state index in [0.29, 0.717) is 22.5 Å². The van der Waals surface area contributed by atoms with Crippen molar-refractivity contribution in [3.05, 3.63) is 65.3 Å². The van der Waals surface area contributed by atoms with Gasteiger partial charge in [-0.15, -0.1) is 0 Å². The summed E-state index contributed by atoms with van der Waals surface area (Å²) in [5.74, 6) is 0.974. The summed E-state index contributed by atoms with van der Waals surface area (Å²) < 4.78 is 5.23. The third-order valence-electron chi connectivity index (χ3n) is 6.23. The van der Waals surface area contributed by atoms with Crippen molar-refractivity contribution in [3.8, 4) is 11.3 Å². The molecule has 3 aromatic rings. The summed E-state index contributed by atoms with van der Waals surface area (Å²) in [4.78, 5) is 39.3. The van der Waals surface area contributed by atoms with Crippen molar-refractivity contribution in [2.45, 2.75) is 32.1 Å². The van der Waals surface area contributed by atoms with E-state index in [1.54, 1.807) is 30.9 Å². The fraction of sp³-hybridized carbons (Fsp3) is 0.320. The Balaban J connectivity index is 1.13.